The molecule has 51 heavy (non-hydrogen) atoms. The fraction of sp³-hybridized carbons (Fsp3) is 0.200. The number of hydrogen-bond donors (Lipinski definition) is 3. The number of rotatable bonds is 11. The molecule has 0 unspecified atom stereocenters. The summed E-state index contributed by atoms with van der Waals surface area (Å²) in [6, 6.07) is 40.1. The van der Waals surface area contributed by atoms with Crippen molar-refractivity contribution in [2.75, 3.05) is 5.75 Å². The predicted octanol–water partition coefficient (Wildman–Crippen LogP) is 7.04. The Labute approximate surface area is 300 Å². The number of nitrogens with zero attached hydrogens (tertiary/aromatic N) is 4. The Bertz CT molecular complexity index is 2060. The highest BCUT2D eigenvalue weighted by Gasteiger charge is 2.38. The second-order valence-corrected chi connectivity index (χ2v) is 13.4. The zero-order chi connectivity index (χ0) is 35.2. The van der Waals surface area contributed by atoms with Gasteiger partial charge in [-0.2, -0.15) is 4.68 Å². The lowest BCUT2D eigenvalue weighted by atomic mass is 9.91. The molecule has 1 aliphatic heterocycles. The van der Waals surface area contributed by atoms with Crippen LogP contribution in [0, 0.1) is 5.92 Å². The van der Waals surface area contributed by atoms with Crippen LogP contribution in [0.15, 0.2) is 133 Å². The van der Waals surface area contributed by atoms with E-state index in [4.69, 9.17) is 9.47 Å². The van der Waals surface area contributed by atoms with Crippen LogP contribution in [0.1, 0.15) is 51.9 Å². The maximum Gasteiger partial charge on any atom is 0.251 e. The van der Waals surface area contributed by atoms with Gasteiger partial charge in [0, 0.05) is 29.3 Å². The second-order valence-electron chi connectivity index (χ2n) is 12.4. The topological polar surface area (TPSA) is 132 Å². The lowest BCUT2D eigenvalue weighted by Gasteiger charge is -2.41. The second kappa shape index (κ2) is 15.7. The predicted molar refractivity (Wildman–Crippen MR) is 194 cm³/mol. The van der Waals surface area contributed by atoms with Crippen LogP contribution in [0.25, 0.3) is 16.8 Å². The summed E-state index contributed by atoms with van der Waals surface area (Å²) in [5.74, 6) is 0.607. The molecular formula is C40H37N5O5S. The summed E-state index contributed by atoms with van der Waals surface area (Å²) in [5, 5.41) is 35.2. The van der Waals surface area contributed by atoms with Crippen LogP contribution in [-0.2, 0) is 22.6 Å². The molecule has 0 bridgehead atoms. The Kier molecular flexibility index (Phi) is 10.5. The first kappa shape index (κ1) is 34.1. The average molecular weight is 700 g/mol. The minimum atomic E-state index is -0.629. The molecule has 7 rings (SSSR count). The summed E-state index contributed by atoms with van der Waals surface area (Å²) in [7, 11) is 0. The summed E-state index contributed by atoms with van der Waals surface area (Å²) < 4.78 is 15.0. The Morgan fingerprint density at radius 3 is 2.31 bits per heavy atom. The van der Waals surface area contributed by atoms with E-state index in [1.54, 1.807) is 41.1 Å². The minimum absolute atomic E-state index is 0.0175. The first-order valence-electron chi connectivity index (χ1n) is 16.7. The maximum absolute atomic E-state index is 12.6. The van der Waals surface area contributed by atoms with Crippen molar-refractivity contribution in [3.8, 4) is 22.6 Å². The number of benzene rings is 5. The van der Waals surface area contributed by atoms with E-state index < -0.39 is 6.29 Å². The Hall–Kier alpha value is -5.33. The highest BCUT2D eigenvalue weighted by molar-refractivity contribution is 7.99. The fourth-order valence-electron chi connectivity index (χ4n) is 6.06. The summed E-state index contributed by atoms with van der Waals surface area (Å²) in [4.78, 5) is 12.6. The molecule has 258 valence electrons. The van der Waals surface area contributed by atoms with Crippen molar-refractivity contribution in [1.29, 1.82) is 0 Å². The summed E-state index contributed by atoms with van der Waals surface area (Å²) in [5.41, 5.74) is 7.16. The molecule has 0 aliphatic carbocycles. The number of aromatic nitrogens is 4. The summed E-state index contributed by atoms with van der Waals surface area (Å²) in [6.45, 7) is 2.51. The largest absolute Gasteiger partial charge is 0.508 e. The van der Waals surface area contributed by atoms with Crippen molar-refractivity contribution < 1.29 is 24.5 Å². The molecule has 1 aromatic heterocycles. The van der Waals surface area contributed by atoms with Crippen molar-refractivity contribution in [2.45, 2.75) is 43.7 Å². The molecule has 5 aromatic carbocycles. The molecule has 11 heteroatoms. The third kappa shape index (κ3) is 8.03. The van der Waals surface area contributed by atoms with Crippen molar-refractivity contribution >= 4 is 17.7 Å². The van der Waals surface area contributed by atoms with Gasteiger partial charge in [-0.15, -0.1) is 5.10 Å². The molecular weight excluding hydrogens is 663 g/mol. The van der Waals surface area contributed by atoms with Gasteiger partial charge in [-0.1, -0.05) is 104 Å². The highest BCUT2D eigenvalue weighted by atomic mass is 32.2. The monoisotopic (exact) mass is 699 g/mol. The average Bonchev–Trinajstić information content (AvgIpc) is 3.66. The number of phenols is 1. The fourth-order valence-corrected chi connectivity index (χ4v) is 7.11. The SMILES string of the molecule is C[C@H]1[C@@H](CSc2nnnn2-c2ccc(O)cc2)O[C@@H](c2ccc(-c3cccc(CNC(=O)c4ccccc4)c3)cc2)O[C@H]1c1ccc(CO)cc1. The van der Waals surface area contributed by atoms with E-state index in [1.165, 1.54) is 11.8 Å². The lowest BCUT2D eigenvalue weighted by Crippen LogP contribution is -2.38. The number of aliphatic hydroxyl groups excluding tert-OH is 1. The Balaban J connectivity index is 1.08. The number of carbonyl (C=O) groups excluding carboxylic acids is 1. The van der Waals surface area contributed by atoms with E-state index in [0.29, 0.717) is 23.0 Å². The molecule has 6 aromatic rings. The van der Waals surface area contributed by atoms with Gasteiger partial charge in [-0.25, -0.2) is 0 Å². The van der Waals surface area contributed by atoms with Crippen molar-refractivity contribution in [3.63, 3.8) is 0 Å². The quantitative estimate of drug-likeness (QED) is 0.122. The zero-order valence-corrected chi connectivity index (χ0v) is 28.7. The number of aliphatic hydroxyl groups is 1. The molecule has 3 N–H and O–H groups in total. The number of aromatic hydroxyl groups is 1. The number of hydrogen-bond acceptors (Lipinski definition) is 9. The number of phenolic OH excluding ortho intramolecular Hbond substituents is 1. The van der Waals surface area contributed by atoms with Gasteiger partial charge in [0.2, 0.25) is 5.16 Å². The molecule has 4 atom stereocenters. The van der Waals surface area contributed by atoms with Gasteiger partial charge in [0.1, 0.15) is 5.75 Å². The third-order valence-corrected chi connectivity index (χ3v) is 9.98. The van der Waals surface area contributed by atoms with E-state index in [0.717, 1.165) is 39.1 Å². The number of carbonyl (C=O) groups is 1. The van der Waals surface area contributed by atoms with Gasteiger partial charge >= 0.3 is 0 Å². The standard InChI is InChI=1S/C40H37N5O5S/c1-26-36(25-51-40-42-43-44-45(40)34-18-20-35(47)21-19-34)49-39(50-37(26)30-12-10-27(24-46)11-13-30)32-16-14-29(15-17-32)33-9-5-6-28(22-33)23-41-38(48)31-7-3-2-4-8-31/h2-22,26,36-37,39,46-47H,23-25H2,1H3,(H,41,48)/t26-,36+,37+,39+/m0/s1. The zero-order valence-electron chi connectivity index (χ0n) is 27.9. The van der Waals surface area contributed by atoms with Crippen molar-refractivity contribution in [3.05, 3.63) is 155 Å². The van der Waals surface area contributed by atoms with Gasteiger partial charge in [0.05, 0.1) is 24.5 Å². The molecule has 1 amide bonds. The van der Waals surface area contributed by atoms with E-state index in [9.17, 15) is 15.0 Å². The Morgan fingerprint density at radius 2 is 1.57 bits per heavy atom. The van der Waals surface area contributed by atoms with Crippen LogP contribution < -0.4 is 5.32 Å². The van der Waals surface area contributed by atoms with Crippen LogP contribution in [0.2, 0.25) is 0 Å². The van der Waals surface area contributed by atoms with Crippen LogP contribution >= 0.6 is 11.8 Å². The molecule has 0 saturated carbocycles. The molecule has 2 heterocycles. The first-order valence-corrected chi connectivity index (χ1v) is 17.7. The molecule has 0 spiro atoms. The molecule has 0 radical (unpaired) electrons. The number of ether oxygens (including phenoxy) is 2. The van der Waals surface area contributed by atoms with E-state index in [-0.39, 0.29) is 36.4 Å². The molecule has 1 fully saturated rings. The number of tetrazole rings is 1. The van der Waals surface area contributed by atoms with Crippen LogP contribution in [0.3, 0.4) is 0 Å². The van der Waals surface area contributed by atoms with E-state index in [2.05, 4.69) is 52.0 Å². The first-order chi connectivity index (χ1) is 24.9. The van der Waals surface area contributed by atoms with Crippen LogP contribution in [0.4, 0.5) is 0 Å². The number of nitrogens with one attached hydrogen (secondary N) is 1. The Morgan fingerprint density at radius 1 is 0.824 bits per heavy atom. The van der Waals surface area contributed by atoms with Gasteiger partial charge in [0.25, 0.3) is 5.91 Å². The molecule has 1 saturated heterocycles. The van der Waals surface area contributed by atoms with Gasteiger partial charge < -0.3 is 25.0 Å². The van der Waals surface area contributed by atoms with Crippen molar-refractivity contribution in [2.24, 2.45) is 5.92 Å². The minimum Gasteiger partial charge on any atom is -0.508 e. The molecule has 10 nitrogen and oxygen atoms in total. The van der Waals surface area contributed by atoms with Gasteiger partial charge in [-0.05, 0) is 80.7 Å². The van der Waals surface area contributed by atoms with Crippen LogP contribution in [0.5, 0.6) is 5.75 Å². The summed E-state index contributed by atoms with van der Waals surface area (Å²) in [6.07, 6.45) is -1.11. The molecule has 1 aliphatic rings. The smallest absolute Gasteiger partial charge is 0.251 e. The lowest BCUT2D eigenvalue weighted by molar-refractivity contribution is -0.268. The third-order valence-electron chi connectivity index (χ3n) is 8.97. The number of amides is 1. The number of thioether (sulfide) groups is 1. The van der Waals surface area contributed by atoms with Gasteiger partial charge in [-0.3, -0.25) is 4.79 Å². The van der Waals surface area contributed by atoms with Gasteiger partial charge in [0.15, 0.2) is 6.29 Å². The van der Waals surface area contributed by atoms with E-state index >= 15 is 0 Å². The summed E-state index contributed by atoms with van der Waals surface area (Å²) >= 11 is 1.49. The van der Waals surface area contributed by atoms with Crippen LogP contribution in [-0.4, -0.2) is 48.2 Å². The van der Waals surface area contributed by atoms with Crippen molar-refractivity contribution in [1.82, 2.24) is 25.5 Å². The normalized spacial score (nSPS) is 18.7. The highest BCUT2D eigenvalue weighted by Crippen LogP contribution is 2.43. The van der Waals surface area contributed by atoms with E-state index in [1.807, 2.05) is 66.7 Å². The maximum atomic E-state index is 12.6.